The van der Waals surface area contributed by atoms with E-state index in [1.807, 2.05) is 24.4 Å². The molecule has 2 aliphatic rings. The van der Waals surface area contributed by atoms with E-state index in [1.54, 1.807) is 40.7 Å². The second kappa shape index (κ2) is 16.1. The maximum absolute atomic E-state index is 15.2. The van der Waals surface area contributed by atoms with Gasteiger partial charge in [-0.1, -0.05) is 24.6 Å². The molecule has 2 aromatic heterocycles. The average Bonchev–Trinajstić information content (AvgIpc) is 3.69. The molecule has 1 atom stereocenters. The van der Waals surface area contributed by atoms with E-state index in [1.165, 1.54) is 28.5 Å². The zero-order chi connectivity index (χ0) is 38.6. The molecule has 1 aliphatic carbocycles. The van der Waals surface area contributed by atoms with Crippen LogP contribution in [0, 0.1) is 11.2 Å². The number of halogens is 1. The largest absolute Gasteiger partial charge is 0.477 e. The number of nitrogens with one attached hydrogen (secondary N) is 3. The Morgan fingerprint density at radius 1 is 1.02 bits per heavy atom. The number of rotatable bonds is 12. The smallest absolute Gasteiger partial charge is 0.410 e. The average molecular weight is 761 g/mol. The van der Waals surface area contributed by atoms with E-state index < -0.39 is 46.1 Å². The molecule has 1 saturated heterocycles. The summed E-state index contributed by atoms with van der Waals surface area (Å²) in [5.74, 6) is -3.31. The highest BCUT2D eigenvalue weighted by Crippen LogP contribution is 2.42. The molecule has 3 heterocycles. The molecular weight excluding hydrogens is 720 g/mol. The zero-order valence-corrected chi connectivity index (χ0v) is 30.7. The minimum absolute atomic E-state index is 0.0146. The molecule has 0 radical (unpaired) electrons. The van der Waals surface area contributed by atoms with Crippen molar-refractivity contribution in [1.82, 2.24) is 20.1 Å². The Hall–Kier alpha value is -5.77. The van der Waals surface area contributed by atoms with Gasteiger partial charge in [-0.2, -0.15) is 0 Å². The van der Waals surface area contributed by atoms with E-state index in [0.29, 0.717) is 49.2 Å². The highest BCUT2D eigenvalue weighted by molar-refractivity contribution is 7.10. The molecule has 14 nitrogen and oxygen atoms in total. The summed E-state index contributed by atoms with van der Waals surface area (Å²) in [6.07, 6.45) is 2.30. The molecule has 0 spiro atoms. The Labute approximate surface area is 313 Å². The first kappa shape index (κ1) is 38.0. The minimum Gasteiger partial charge on any atom is -0.477 e. The van der Waals surface area contributed by atoms with Crippen LogP contribution >= 0.6 is 11.3 Å². The highest BCUT2D eigenvalue weighted by atomic mass is 32.1. The van der Waals surface area contributed by atoms with Crippen LogP contribution in [0.25, 0.3) is 10.9 Å². The topological polar surface area (TPSA) is 179 Å². The number of hydrogen-bond donors (Lipinski definition) is 4. The van der Waals surface area contributed by atoms with Gasteiger partial charge < -0.3 is 40.2 Å². The molecule has 2 fully saturated rings. The molecule has 0 bridgehead atoms. The number of ether oxygens (including phenoxy) is 1. The zero-order valence-electron chi connectivity index (χ0n) is 29.9. The lowest BCUT2D eigenvalue weighted by Gasteiger charge is -2.39. The Kier molecular flexibility index (Phi) is 11.3. The number of carbonyl (C=O) groups excluding carboxylic acids is 4. The summed E-state index contributed by atoms with van der Waals surface area (Å²) >= 11 is 1.52. The second-order valence-corrected chi connectivity index (χ2v) is 14.4. The van der Waals surface area contributed by atoms with Crippen molar-refractivity contribution in [3.63, 3.8) is 0 Å². The summed E-state index contributed by atoms with van der Waals surface area (Å²) in [7, 11) is 0. The van der Waals surface area contributed by atoms with Gasteiger partial charge in [0, 0.05) is 54.9 Å². The Morgan fingerprint density at radius 3 is 2.35 bits per heavy atom. The number of fused-ring (bicyclic) bond motifs is 1. The van der Waals surface area contributed by atoms with Crippen LogP contribution in [0.15, 0.2) is 64.9 Å². The first-order chi connectivity index (χ1) is 25.9. The Bertz CT molecular complexity index is 2130. The molecule has 284 valence electrons. The number of carboxylic acid groups (broad SMARTS) is 1. The monoisotopic (exact) mass is 760 g/mol. The number of anilines is 2. The van der Waals surface area contributed by atoms with Crippen LogP contribution in [0.3, 0.4) is 0 Å². The first-order valence-corrected chi connectivity index (χ1v) is 18.6. The standard InChI is InChI=1S/C38H41FN6O8S/c1-3-43-21-27(34(48)49)33(47)26-18-28(39)30(19-29(26)43)44-13-15-45(16-14-44)37(52)53-22-24-7-9-25(10-8-24)42-32(46)20-40-35(50)38(11-5-12-38)36(51)41-23(2)31-6-4-17-54-31/h4,6-10,17-19,21,23H,3,5,11-16,20,22H2,1-2H3,(H,40,50)(H,41,51)(H,42,46)(H,48,49). The number of piperazine rings is 1. The van der Waals surface area contributed by atoms with Gasteiger partial charge in [0.1, 0.15) is 23.4 Å². The lowest BCUT2D eigenvalue weighted by molar-refractivity contribution is -0.150. The molecule has 16 heteroatoms. The SMILES string of the molecule is CCn1cc(C(=O)O)c(=O)c2cc(F)c(N3CCN(C(=O)OCc4ccc(NC(=O)CNC(=O)C5(C(=O)NC(C)c6cccs6)CCC5)cc4)CC3)cc21. The molecule has 6 rings (SSSR count). The van der Waals surface area contributed by atoms with Gasteiger partial charge in [-0.15, -0.1) is 11.3 Å². The van der Waals surface area contributed by atoms with Gasteiger partial charge in [-0.05, 0) is 68.0 Å². The van der Waals surface area contributed by atoms with E-state index in [-0.39, 0.29) is 49.3 Å². The summed E-state index contributed by atoms with van der Waals surface area (Å²) in [6.45, 7) is 4.84. The molecular formula is C38H41FN6O8S. The molecule has 54 heavy (non-hydrogen) atoms. The van der Waals surface area contributed by atoms with Crippen LogP contribution in [0.2, 0.25) is 0 Å². The predicted octanol–water partition coefficient (Wildman–Crippen LogP) is 4.48. The summed E-state index contributed by atoms with van der Waals surface area (Å²) in [5.41, 5.74) is -0.547. The number of amides is 4. The van der Waals surface area contributed by atoms with Gasteiger partial charge >= 0.3 is 12.1 Å². The van der Waals surface area contributed by atoms with Crippen molar-refractivity contribution in [2.24, 2.45) is 5.41 Å². The van der Waals surface area contributed by atoms with Crippen molar-refractivity contribution in [3.05, 3.63) is 92.2 Å². The maximum Gasteiger partial charge on any atom is 0.410 e. The van der Waals surface area contributed by atoms with Crippen molar-refractivity contribution in [1.29, 1.82) is 0 Å². The number of thiophene rings is 1. The number of aromatic carboxylic acids is 1. The molecule has 1 unspecified atom stereocenters. The summed E-state index contributed by atoms with van der Waals surface area (Å²) in [5, 5.41) is 19.6. The van der Waals surface area contributed by atoms with Gasteiger partial charge in [0.25, 0.3) is 0 Å². The maximum atomic E-state index is 15.2. The predicted molar refractivity (Wildman–Crippen MR) is 200 cm³/mol. The van der Waals surface area contributed by atoms with Crippen LogP contribution in [-0.4, -0.2) is 77.1 Å². The molecule has 1 aliphatic heterocycles. The molecule has 4 amide bonds. The third-order valence-corrected chi connectivity index (χ3v) is 11.1. The van der Waals surface area contributed by atoms with Gasteiger partial charge in [0.2, 0.25) is 23.2 Å². The normalized spacial score (nSPS) is 15.5. The minimum atomic E-state index is -1.38. The summed E-state index contributed by atoms with van der Waals surface area (Å²) < 4.78 is 22.3. The molecule has 1 saturated carbocycles. The van der Waals surface area contributed by atoms with E-state index >= 15 is 4.39 Å². The fourth-order valence-corrected chi connectivity index (χ4v) is 7.41. The quantitative estimate of drug-likeness (QED) is 0.152. The van der Waals surface area contributed by atoms with E-state index in [0.717, 1.165) is 17.4 Å². The van der Waals surface area contributed by atoms with Crippen molar-refractivity contribution in [2.75, 3.05) is 42.9 Å². The molecule has 2 aromatic carbocycles. The molecule has 4 N–H and O–H groups in total. The van der Waals surface area contributed by atoms with Crippen molar-refractivity contribution < 1.29 is 38.2 Å². The van der Waals surface area contributed by atoms with Gasteiger partial charge in [-0.25, -0.2) is 14.0 Å². The highest BCUT2D eigenvalue weighted by Gasteiger charge is 2.51. The van der Waals surface area contributed by atoms with Crippen molar-refractivity contribution in [3.8, 4) is 0 Å². The lowest BCUT2D eigenvalue weighted by Crippen LogP contribution is -2.56. The van der Waals surface area contributed by atoms with Gasteiger partial charge in [0.05, 0.1) is 23.8 Å². The third-order valence-electron chi connectivity index (χ3n) is 10.0. The van der Waals surface area contributed by atoms with E-state index in [4.69, 9.17) is 4.74 Å². The Balaban J connectivity index is 0.954. The number of benzene rings is 2. The second-order valence-electron chi connectivity index (χ2n) is 13.4. The Morgan fingerprint density at radius 2 is 1.74 bits per heavy atom. The van der Waals surface area contributed by atoms with Gasteiger partial charge in [-0.3, -0.25) is 19.2 Å². The molecule has 4 aromatic rings. The number of pyridine rings is 1. The summed E-state index contributed by atoms with van der Waals surface area (Å²) in [4.78, 5) is 80.1. The van der Waals surface area contributed by atoms with E-state index in [9.17, 15) is 33.9 Å². The number of hydrogen-bond acceptors (Lipinski definition) is 9. The number of aromatic nitrogens is 1. The number of aryl methyl sites for hydroxylation is 1. The number of nitrogens with zero attached hydrogens (tertiary/aromatic N) is 3. The summed E-state index contributed by atoms with van der Waals surface area (Å²) in [6, 6.07) is 12.9. The van der Waals surface area contributed by atoms with Crippen molar-refractivity contribution in [2.45, 2.75) is 52.3 Å². The fourth-order valence-electron chi connectivity index (χ4n) is 6.67. The van der Waals surface area contributed by atoms with Crippen LogP contribution < -0.4 is 26.3 Å². The van der Waals surface area contributed by atoms with Crippen LogP contribution in [0.5, 0.6) is 0 Å². The van der Waals surface area contributed by atoms with Crippen molar-refractivity contribution >= 4 is 63.4 Å². The first-order valence-electron chi connectivity index (χ1n) is 17.7. The van der Waals surface area contributed by atoms with Crippen LogP contribution in [0.4, 0.5) is 20.6 Å². The third kappa shape index (κ3) is 7.93. The lowest BCUT2D eigenvalue weighted by atomic mass is 9.67. The fraction of sp³-hybridized carbons (Fsp3) is 0.368. The number of carbonyl (C=O) groups is 5. The van der Waals surface area contributed by atoms with Crippen LogP contribution in [0.1, 0.15) is 60.0 Å². The van der Waals surface area contributed by atoms with Crippen LogP contribution in [-0.2, 0) is 32.3 Å². The number of carboxylic acids is 1. The van der Waals surface area contributed by atoms with Gasteiger partial charge in [0.15, 0.2) is 0 Å². The van der Waals surface area contributed by atoms with E-state index in [2.05, 4.69) is 16.0 Å².